The lowest BCUT2D eigenvalue weighted by molar-refractivity contribution is 0.552. The molecule has 0 fully saturated rings. The molecule has 1 N–H and O–H groups in total. The van der Waals surface area contributed by atoms with E-state index in [4.69, 9.17) is 11.6 Å². The lowest BCUT2D eigenvalue weighted by Gasteiger charge is -2.13. The molecule has 0 atom stereocenters. The van der Waals surface area contributed by atoms with Gasteiger partial charge in [0.25, 0.3) is 0 Å². The van der Waals surface area contributed by atoms with Crippen LogP contribution in [0.4, 0.5) is 21.5 Å². The molecule has 3 nitrogen and oxygen atoms in total. The minimum absolute atomic E-state index is 0.362. The van der Waals surface area contributed by atoms with Gasteiger partial charge in [0.15, 0.2) is 0 Å². The Hall–Kier alpha value is -2.07. The number of nitrogens with one attached hydrogen (secondary N) is 1. The number of anilines is 2. The number of nitrogens with zero attached hydrogens (tertiary/aromatic N) is 2. The Balaban J connectivity index is 2.29. The summed E-state index contributed by atoms with van der Waals surface area (Å²) >= 11 is 6.16. The Morgan fingerprint density at radius 3 is 2.65 bits per heavy atom. The highest BCUT2D eigenvalue weighted by Crippen LogP contribution is 2.31. The summed E-state index contributed by atoms with van der Waals surface area (Å²) in [4.78, 5) is 6.25. The van der Waals surface area contributed by atoms with E-state index < -0.39 is 0 Å². The molecule has 2 aromatic carbocycles. The van der Waals surface area contributed by atoms with E-state index in [1.807, 2.05) is 44.9 Å². The van der Waals surface area contributed by atoms with E-state index in [1.54, 1.807) is 18.5 Å². The molecule has 0 unspecified atom stereocenters. The second-order valence-corrected chi connectivity index (χ2v) is 5.95. The van der Waals surface area contributed by atoms with E-state index in [9.17, 15) is 4.39 Å². The third kappa shape index (κ3) is 4.45. The smallest absolute Gasteiger partial charge is 0.148 e. The molecule has 0 aliphatic heterocycles. The van der Waals surface area contributed by atoms with Crippen LogP contribution in [0.15, 0.2) is 35.3 Å². The van der Waals surface area contributed by atoms with Crippen molar-refractivity contribution in [3.8, 4) is 0 Å². The van der Waals surface area contributed by atoms with Crippen LogP contribution in [0.3, 0.4) is 0 Å². The summed E-state index contributed by atoms with van der Waals surface area (Å²) in [6, 6.07) is 8.77. The fourth-order valence-electron chi connectivity index (χ4n) is 2.03. The summed E-state index contributed by atoms with van der Waals surface area (Å²) < 4.78 is 14.4. The Morgan fingerprint density at radius 1 is 1.22 bits per heavy atom. The average Bonchev–Trinajstić information content (AvgIpc) is 2.52. The predicted octanol–water partition coefficient (Wildman–Crippen LogP) is 5.45. The molecule has 0 aliphatic rings. The second kappa shape index (κ2) is 7.47. The fourth-order valence-corrected chi connectivity index (χ4v) is 2.19. The SMILES string of the molecule is CCN(C)C=Nc1cc(F)c(Nc2cc(C)ccc2Cl)cc1C. The number of hydrogen-bond donors (Lipinski definition) is 1. The molecule has 0 aromatic heterocycles. The van der Waals surface area contributed by atoms with Gasteiger partial charge in [-0.3, -0.25) is 0 Å². The first-order valence-electron chi connectivity index (χ1n) is 7.48. The molecule has 5 heteroatoms. The normalized spacial score (nSPS) is 11.0. The van der Waals surface area contributed by atoms with E-state index >= 15 is 0 Å². The van der Waals surface area contributed by atoms with Gasteiger partial charge in [0, 0.05) is 19.7 Å². The van der Waals surface area contributed by atoms with Crippen LogP contribution >= 0.6 is 11.6 Å². The van der Waals surface area contributed by atoms with Crippen molar-refractivity contribution < 1.29 is 4.39 Å². The molecule has 23 heavy (non-hydrogen) atoms. The van der Waals surface area contributed by atoms with Gasteiger partial charge in [0.2, 0.25) is 0 Å². The standard InChI is InChI=1S/C18H21ClFN3/c1-5-23(4)11-21-16-10-15(20)18(9-13(16)3)22-17-8-12(2)6-7-14(17)19/h6-11,22H,5H2,1-4H3. The highest BCUT2D eigenvalue weighted by Gasteiger charge is 2.09. The highest BCUT2D eigenvalue weighted by molar-refractivity contribution is 6.33. The molecule has 0 spiro atoms. The molecule has 0 bridgehead atoms. The third-order valence-electron chi connectivity index (χ3n) is 3.57. The average molecular weight is 334 g/mol. The van der Waals surface area contributed by atoms with Crippen molar-refractivity contribution in [2.24, 2.45) is 4.99 Å². The third-order valence-corrected chi connectivity index (χ3v) is 3.90. The van der Waals surface area contributed by atoms with E-state index in [0.717, 1.165) is 17.7 Å². The Morgan fingerprint density at radius 2 is 1.96 bits per heavy atom. The second-order valence-electron chi connectivity index (χ2n) is 5.54. The van der Waals surface area contributed by atoms with Crippen molar-refractivity contribution in [1.29, 1.82) is 0 Å². The highest BCUT2D eigenvalue weighted by atomic mass is 35.5. The number of rotatable bonds is 5. The quantitative estimate of drug-likeness (QED) is 0.582. The van der Waals surface area contributed by atoms with Gasteiger partial charge in [-0.25, -0.2) is 9.38 Å². The monoisotopic (exact) mass is 333 g/mol. The Bertz CT molecular complexity index is 728. The minimum Gasteiger partial charge on any atom is -0.366 e. The van der Waals surface area contributed by atoms with Gasteiger partial charge in [-0.15, -0.1) is 0 Å². The first kappa shape index (κ1) is 17.3. The molecule has 122 valence electrons. The largest absolute Gasteiger partial charge is 0.366 e. The summed E-state index contributed by atoms with van der Waals surface area (Å²) in [5.41, 5.74) is 3.63. The summed E-state index contributed by atoms with van der Waals surface area (Å²) in [5, 5.41) is 3.61. The van der Waals surface area contributed by atoms with Crippen LogP contribution in [0.2, 0.25) is 5.02 Å². The number of aliphatic imine (C=N–C) groups is 1. The van der Waals surface area contributed by atoms with Gasteiger partial charge in [0.1, 0.15) is 5.82 Å². The minimum atomic E-state index is -0.362. The van der Waals surface area contributed by atoms with Gasteiger partial charge >= 0.3 is 0 Å². The van der Waals surface area contributed by atoms with Gasteiger partial charge in [0.05, 0.1) is 28.4 Å². The van der Waals surface area contributed by atoms with Crippen LogP contribution in [0, 0.1) is 19.7 Å². The molecule has 2 rings (SSSR count). The number of hydrogen-bond acceptors (Lipinski definition) is 2. The maximum atomic E-state index is 14.4. The number of benzene rings is 2. The first-order chi connectivity index (χ1) is 10.9. The van der Waals surface area contributed by atoms with Crippen LogP contribution in [-0.4, -0.2) is 24.8 Å². The lowest BCUT2D eigenvalue weighted by Crippen LogP contribution is -2.14. The summed E-state index contributed by atoms with van der Waals surface area (Å²) in [7, 11) is 1.92. The molecular formula is C18H21ClFN3. The van der Waals surface area contributed by atoms with Crippen LogP contribution in [0.1, 0.15) is 18.1 Å². The topological polar surface area (TPSA) is 27.6 Å². The zero-order valence-electron chi connectivity index (χ0n) is 13.8. The van der Waals surface area contributed by atoms with Gasteiger partial charge in [-0.1, -0.05) is 17.7 Å². The Labute approximate surface area is 141 Å². The van der Waals surface area contributed by atoms with Crippen LogP contribution in [-0.2, 0) is 0 Å². The zero-order chi connectivity index (χ0) is 17.0. The number of halogens is 2. The first-order valence-corrected chi connectivity index (χ1v) is 7.86. The van der Waals surface area contributed by atoms with Crippen molar-refractivity contribution in [2.45, 2.75) is 20.8 Å². The van der Waals surface area contributed by atoms with E-state index in [2.05, 4.69) is 10.3 Å². The molecule has 2 aromatic rings. The van der Waals surface area contributed by atoms with E-state index in [0.29, 0.717) is 22.1 Å². The van der Waals surface area contributed by atoms with E-state index in [1.165, 1.54) is 6.07 Å². The molecule has 0 radical (unpaired) electrons. The maximum absolute atomic E-state index is 14.4. The number of aryl methyl sites for hydroxylation is 2. The zero-order valence-corrected chi connectivity index (χ0v) is 14.6. The predicted molar refractivity (Wildman–Crippen MR) is 97.1 cm³/mol. The van der Waals surface area contributed by atoms with Crippen molar-refractivity contribution in [3.63, 3.8) is 0 Å². The lowest BCUT2D eigenvalue weighted by atomic mass is 10.1. The van der Waals surface area contributed by atoms with E-state index in [-0.39, 0.29) is 5.82 Å². The van der Waals surface area contributed by atoms with Gasteiger partial charge in [-0.05, 0) is 50.1 Å². The maximum Gasteiger partial charge on any atom is 0.148 e. The van der Waals surface area contributed by atoms with Crippen LogP contribution in [0.25, 0.3) is 0 Å². The summed E-state index contributed by atoms with van der Waals surface area (Å²) in [6.07, 6.45) is 1.70. The molecule has 0 saturated heterocycles. The van der Waals surface area contributed by atoms with Crippen molar-refractivity contribution in [3.05, 3.63) is 52.3 Å². The van der Waals surface area contributed by atoms with Crippen molar-refractivity contribution in [2.75, 3.05) is 18.9 Å². The molecule has 0 aliphatic carbocycles. The Kier molecular flexibility index (Phi) is 5.61. The van der Waals surface area contributed by atoms with Crippen LogP contribution < -0.4 is 5.32 Å². The molecule has 0 amide bonds. The summed E-state index contributed by atoms with van der Waals surface area (Å²) in [5.74, 6) is -0.362. The fraction of sp³-hybridized carbons (Fsp3) is 0.278. The van der Waals surface area contributed by atoms with Gasteiger partial charge in [-0.2, -0.15) is 0 Å². The molecule has 0 saturated carbocycles. The summed E-state index contributed by atoms with van der Waals surface area (Å²) in [6.45, 7) is 6.74. The molecule has 0 heterocycles. The molecular weight excluding hydrogens is 313 g/mol. The van der Waals surface area contributed by atoms with Crippen molar-refractivity contribution >= 4 is 35.0 Å². The van der Waals surface area contributed by atoms with Crippen LogP contribution in [0.5, 0.6) is 0 Å². The van der Waals surface area contributed by atoms with Crippen molar-refractivity contribution in [1.82, 2.24) is 4.90 Å². The van der Waals surface area contributed by atoms with Gasteiger partial charge < -0.3 is 10.2 Å².